The highest BCUT2D eigenvalue weighted by molar-refractivity contribution is 6.31. The number of benzene rings is 1. The molecule has 0 saturated heterocycles. The molecule has 0 aliphatic carbocycles. The molecule has 0 bridgehead atoms. The second-order valence-electron chi connectivity index (χ2n) is 3.56. The Hall–Kier alpha value is -2.06. The van der Waals surface area contributed by atoms with Crippen molar-refractivity contribution in [2.75, 3.05) is 0 Å². The van der Waals surface area contributed by atoms with Gasteiger partial charge in [-0.3, -0.25) is 14.9 Å². The zero-order valence-electron chi connectivity index (χ0n) is 9.64. The number of hydrogen-bond donors (Lipinski definition) is 1. The number of amides is 1. The minimum absolute atomic E-state index is 0.114. The van der Waals surface area contributed by atoms with Gasteiger partial charge >= 0.3 is 0 Å². The van der Waals surface area contributed by atoms with E-state index in [0.717, 1.165) is 6.07 Å². The summed E-state index contributed by atoms with van der Waals surface area (Å²) < 4.78 is 0. The van der Waals surface area contributed by atoms with Gasteiger partial charge in [0.25, 0.3) is 11.6 Å². The Balaban J connectivity index is 2.99. The van der Waals surface area contributed by atoms with Crippen LogP contribution in [0.15, 0.2) is 18.2 Å². The molecule has 0 radical (unpaired) electrons. The second kappa shape index (κ2) is 6.03. The molecular weight excluding hydrogens is 256 g/mol. The van der Waals surface area contributed by atoms with E-state index in [4.69, 9.17) is 18.0 Å². The Bertz CT molecular complexity index is 523. The number of carbonyl (C=O) groups is 1. The van der Waals surface area contributed by atoms with E-state index in [1.165, 1.54) is 12.1 Å². The average Bonchev–Trinajstić information content (AvgIpc) is 2.34. The predicted molar refractivity (Wildman–Crippen MR) is 68.5 cm³/mol. The Labute approximate surface area is 109 Å². The number of non-ortho nitro benzene ring substituents is 1. The van der Waals surface area contributed by atoms with Crippen LogP contribution in [0.25, 0.3) is 0 Å². The molecule has 18 heavy (non-hydrogen) atoms. The molecule has 6 heteroatoms. The van der Waals surface area contributed by atoms with Crippen LogP contribution in [0.4, 0.5) is 5.69 Å². The SMILES string of the molecule is C#CC(CC)NC(=O)c1cc(Cl)cc([N+](=O)[O-])c1. The standard InChI is InChI=1S/C12H11ClN2O3/c1-3-10(4-2)14-12(16)8-5-9(13)7-11(6-8)15(17)18/h1,5-7,10H,4H2,2H3,(H,14,16). The first-order valence-corrected chi connectivity index (χ1v) is 5.57. The summed E-state index contributed by atoms with van der Waals surface area (Å²) in [4.78, 5) is 21.8. The summed E-state index contributed by atoms with van der Waals surface area (Å²) in [6.45, 7) is 1.82. The van der Waals surface area contributed by atoms with Crippen LogP contribution >= 0.6 is 11.6 Å². The fourth-order valence-corrected chi connectivity index (χ4v) is 1.54. The van der Waals surface area contributed by atoms with Crippen molar-refractivity contribution in [2.24, 2.45) is 0 Å². The van der Waals surface area contributed by atoms with E-state index in [-0.39, 0.29) is 16.3 Å². The topological polar surface area (TPSA) is 72.2 Å². The normalized spacial score (nSPS) is 11.4. The number of halogens is 1. The van der Waals surface area contributed by atoms with Crippen LogP contribution in [0.5, 0.6) is 0 Å². The van der Waals surface area contributed by atoms with Gasteiger partial charge in [-0.25, -0.2) is 0 Å². The largest absolute Gasteiger partial charge is 0.338 e. The van der Waals surface area contributed by atoms with Crippen molar-refractivity contribution < 1.29 is 9.72 Å². The highest BCUT2D eigenvalue weighted by Gasteiger charge is 2.15. The fraction of sp³-hybridized carbons (Fsp3) is 0.250. The molecule has 1 atom stereocenters. The molecule has 0 aliphatic rings. The monoisotopic (exact) mass is 266 g/mol. The van der Waals surface area contributed by atoms with Gasteiger partial charge in [0.2, 0.25) is 0 Å². The van der Waals surface area contributed by atoms with Crippen molar-refractivity contribution in [3.63, 3.8) is 0 Å². The van der Waals surface area contributed by atoms with Gasteiger partial charge in [-0.15, -0.1) is 6.42 Å². The number of rotatable bonds is 4. The van der Waals surface area contributed by atoms with Crippen molar-refractivity contribution in [1.29, 1.82) is 0 Å². The number of hydrogen-bond acceptors (Lipinski definition) is 3. The van der Waals surface area contributed by atoms with Gasteiger partial charge in [0.15, 0.2) is 0 Å². The molecule has 1 N–H and O–H groups in total. The maximum atomic E-state index is 11.8. The molecule has 1 rings (SSSR count). The molecular formula is C12H11ClN2O3. The highest BCUT2D eigenvalue weighted by atomic mass is 35.5. The van der Waals surface area contributed by atoms with E-state index in [2.05, 4.69) is 11.2 Å². The van der Waals surface area contributed by atoms with Gasteiger partial charge in [0, 0.05) is 22.7 Å². The average molecular weight is 267 g/mol. The van der Waals surface area contributed by atoms with Crippen molar-refractivity contribution in [3.05, 3.63) is 38.9 Å². The van der Waals surface area contributed by atoms with Crippen LogP contribution < -0.4 is 5.32 Å². The molecule has 0 saturated carbocycles. The maximum absolute atomic E-state index is 11.8. The van der Waals surface area contributed by atoms with Crippen LogP contribution in [0.2, 0.25) is 5.02 Å². The molecule has 0 aromatic heterocycles. The zero-order chi connectivity index (χ0) is 13.7. The van der Waals surface area contributed by atoms with E-state index in [1.807, 2.05) is 6.92 Å². The van der Waals surface area contributed by atoms with Crippen molar-refractivity contribution in [1.82, 2.24) is 5.32 Å². The smallest absolute Gasteiger partial charge is 0.271 e. The summed E-state index contributed by atoms with van der Waals surface area (Å²) >= 11 is 5.72. The summed E-state index contributed by atoms with van der Waals surface area (Å²) in [5.74, 6) is 1.92. The highest BCUT2D eigenvalue weighted by Crippen LogP contribution is 2.20. The van der Waals surface area contributed by atoms with Crippen molar-refractivity contribution >= 4 is 23.2 Å². The lowest BCUT2D eigenvalue weighted by Crippen LogP contribution is -2.33. The minimum atomic E-state index is -0.610. The summed E-state index contributed by atoms with van der Waals surface area (Å²) in [6.07, 6.45) is 5.79. The Morgan fingerprint density at radius 3 is 2.78 bits per heavy atom. The van der Waals surface area contributed by atoms with Crippen LogP contribution in [0, 0.1) is 22.5 Å². The van der Waals surface area contributed by atoms with Gasteiger partial charge in [0.1, 0.15) is 0 Å². The summed E-state index contributed by atoms with van der Waals surface area (Å²) in [7, 11) is 0. The third kappa shape index (κ3) is 3.47. The van der Waals surface area contributed by atoms with E-state index < -0.39 is 16.9 Å². The molecule has 5 nitrogen and oxygen atoms in total. The third-order valence-corrected chi connectivity index (χ3v) is 2.49. The summed E-state index contributed by atoms with van der Waals surface area (Å²) in [6, 6.07) is 3.28. The molecule has 0 spiro atoms. The molecule has 0 heterocycles. The quantitative estimate of drug-likeness (QED) is 0.517. The first kappa shape index (κ1) is 14.0. The van der Waals surface area contributed by atoms with Gasteiger partial charge in [-0.2, -0.15) is 0 Å². The fourth-order valence-electron chi connectivity index (χ4n) is 1.31. The molecule has 0 fully saturated rings. The van der Waals surface area contributed by atoms with E-state index in [0.29, 0.717) is 6.42 Å². The lowest BCUT2D eigenvalue weighted by molar-refractivity contribution is -0.384. The van der Waals surface area contributed by atoms with Crippen LogP contribution in [-0.4, -0.2) is 16.9 Å². The molecule has 1 aromatic carbocycles. The minimum Gasteiger partial charge on any atom is -0.338 e. The van der Waals surface area contributed by atoms with Crippen LogP contribution in [-0.2, 0) is 0 Å². The molecule has 1 amide bonds. The van der Waals surface area contributed by atoms with E-state index in [9.17, 15) is 14.9 Å². The van der Waals surface area contributed by atoms with Gasteiger partial charge in [0.05, 0.1) is 11.0 Å². The molecule has 0 aliphatic heterocycles. The molecule has 1 unspecified atom stereocenters. The van der Waals surface area contributed by atoms with Crippen LogP contribution in [0.3, 0.4) is 0 Å². The first-order chi connectivity index (χ1) is 8.47. The first-order valence-electron chi connectivity index (χ1n) is 5.20. The molecule has 1 aromatic rings. The van der Waals surface area contributed by atoms with Crippen molar-refractivity contribution in [2.45, 2.75) is 19.4 Å². The third-order valence-electron chi connectivity index (χ3n) is 2.27. The Kier molecular flexibility index (Phi) is 4.69. The van der Waals surface area contributed by atoms with Gasteiger partial charge < -0.3 is 5.32 Å². The van der Waals surface area contributed by atoms with Crippen molar-refractivity contribution in [3.8, 4) is 12.3 Å². The Morgan fingerprint density at radius 2 is 2.28 bits per heavy atom. The Morgan fingerprint density at radius 1 is 1.61 bits per heavy atom. The van der Waals surface area contributed by atoms with E-state index >= 15 is 0 Å². The van der Waals surface area contributed by atoms with Gasteiger partial charge in [-0.05, 0) is 12.5 Å². The number of nitrogens with one attached hydrogen (secondary N) is 1. The lowest BCUT2D eigenvalue weighted by Gasteiger charge is -2.10. The molecule has 94 valence electrons. The second-order valence-corrected chi connectivity index (χ2v) is 3.99. The predicted octanol–water partition coefficient (Wildman–Crippen LogP) is 2.39. The lowest BCUT2D eigenvalue weighted by atomic mass is 10.1. The number of nitrogens with zero attached hydrogens (tertiary/aromatic N) is 1. The number of nitro benzene ring substituents is 1. The summed E-state index contributed by atoms with van der Waals surface area (Å²) in [5.41, 5.74) is -0.121. The number of carbonyl (C=O) groups excluding carboxylic acids is 1. The zero-order valence-corrected chi connectivity index (χ0v) is 10.4. The number of nitro groups is 1. The maximum Gasteiger partial charge on any atom is 0.271 e. The summed E-state index contributed by atoms with van der Waals surface area (Å²) in [5, 5.41) is 13.3. The van der Waals surface area contributed by atoms with E-state index in [1.54, 1.807) is 0 Å². The number of terminal acetylenes is 1. The van der Waals surface area contributed by atoms with Gasteiger partial charge in [-0.1, -0.05) is 24.4 Å². The van der Waals surface area contributed by atoms with Crippen LogP contribution in [0.1, 0.15) is 23.7 Å².